The average molecular weight is 242 g/mol. The standard InChI is InChI=1S/C10H12BrNO/c1-6-2-8(11)3-7-4-9(5-12)13-10(6)7/h2-3,9H,4-5,12H2,1H3. The van der Waals surface area contributed by atoms with Crippen molar-refractivity contribution < 1.29 is 4.74 Å². The summed E-state index contributed by atoms with van der Waals surface area (Å²) in [5, 5.41) is 0. The predicted octanol–water partition coefficient (Wildman–Crippen LogP) is 2.02. The van der Waals surface area contributed by atoms with Crippen molar-refractivity contribution in [2.75, 3.05) is 6.54 Å². The van der Waals surface area contributed by atoms with Crippen LogP contribution in [-0.4, -0.2) is 12.6 Å². The van der Waals surface area contributed by atoms with Crippen LogP contribution in [0.2, 0.25) is 0 Å². The van der Waals surface area contributed by atoms with Gasteiger partial charge in [-0.05, 0) is 30.2 Å². The lowest BCUT2D eigenvalue weighted by Crippen LogP contribution is -2.24. The molecule has 2 nitrogen and oxygen atoms in total. The minimum absolute atomic E-state index is 0.169. The number of halogens is 1. The Morgan fingerprint density at radius 2 is 2.38 bits per heavy atom. The maximum absolute atomic E-state index is 5.70. The van der Waals surface area contributed by atoms with Crippen molar-refractivity contribution in [3.05, 3.63) is 27.7 Å². The van der Waals surface area contributed by atoms with Gasteiger partial charge >= 0.3 is 0 Å². The zero-order valence-corrected chi connectivity index (χ0v) is 9.10. The number of rotatable bonds is 1. The molecule has 1 aliphatic rings. The molecule has 1 unspecified atom stereocenters. The van der Waals surface area contributed by atoms with Crippen LogP contribution >= 0.6 is 15.9 Å². The summed E-state index contributed by atoms with van der Waals surface area (Å²) in [6, 6.07) is 4.18. The van der Waals surface area contributed by atoms with E-state index in [4.69, 9.17) is 10.5 Å². The number of benzene rings is 1. The highest BCUT2D eigenvalue weighted by atomic mass is 79.9. The van der Waals surface area contributed by atoms with Crippen LogP contribution in [0.3, 0.4) is 0 Å². The monoisotopic (exact) mass is 241 g/mol. The maximum atomic E-state index is 5.70. The van der Waals surface area contributed by atoms with Crippen molar-refractivity contribution >= 4 is 15.9 Å². The molecule has 0 aromatic heterocycles. The number of hydrogen-bond acceptors (Lipinski definition) is 2. The van der Waals surface area contributed by atoms with Gasteiger partial charge in [0.1, 0.15) is 11.9 Å². The van der Waals surface area contributed by atoms with E-state index in [2.05, 4.69) is 35.0 Å². The topological polar surface area (TPSA) is 35.2 Å². The summed E-state index contributed by atoms with van der Waals surface area (Å²) in [5.41, 5.74) is 8.01. The SMILES string of the molecule is Cc1cc(Br)cc2c1OC(CN)C2. The van der Waals surface area contributed by atoms with E-state index in [0.29, 0.717) is 6.54 Å². The Morgan fingerprint density at radius 3 is 3.08 bits per heavy atom. The van der Waals surface area contributed by atoms with Crippen LogP contribution in [0.1, 0.15) is 11.1 Å². The second-order valence-corrected chi connectivity index (χ2v) is 4.31. The first-order chi connectivity index (χ1) is 6.20. The molecule has 3 heteroatoms. The molecule has 1 aliphatic heterocycles. The van der Waals surface area contributed by atoms with Crippen LogP contribution in [0.4, 0.5) is 0 Å². The highest BCUT2D eigenvalue weighted by Crippen LogP contribution is 2.34. The van der Waals surface area contributed by atoms with Crippen molar-refractivity contribution in [3.8, 4) is 5.75 Å². The first kappa shape index (κ1) is 9.03. The first-order valence-electron chi connectivity index (χ1n) is 4.36. The summed E-state index contributed by atoms with van der Waals surface area (Å²) in [6.07, 6.45) is 1.11. The van der Waals surface area contributed by atoms with Crippen LogP contribution in [0.25, 0.3) is 0 Å². The van der Waals surface area contributed by atoms with Gasteiger partial charge in [-0.15, -0.1) is 0 Å². The van der Waals surface area contributed by atoms with Gasteiger partial charge in [0.2, 0.25) is 0 Å². The molecule has 1 aromatic rings. The molecule has 1 aromatic carbocycles. The minimum Gasteiger partial charge on any atom is -0.488 e. The third kappa shape index (κ3) is 1.58. The Bertz CT molecular complexity index is 338. The maximum Gasteiger partial charge on any atom is 0.126 e. The zero-order chi connectivity index (χ0) is 9.42. The number of aryl methyl sites for hydroxylation is 1. The van der Waals surface area contributed by atoms with Gasteiger partial charge in [-0.3, -0.25) is 0 Å². The van der Waals surface area contributed by atoms with Gasteiger partial charge < -0.3 is 10.5 Å². The summed E-state index contributed by atoms with van der Waals surface area (Å²) >= 11 is 3.47. The van der Waals surface area contributed by atoms with Gasteiger partial charge in [-0.1, -0.05) is 15.9 Å². The lowest BCUT2D eigenvalue weighted by atomic mass is 10.1. The third-order valence-corrected chi connectivity index (χ3v) is 2.77. The number of hydrogen-bond donors (Lipinski definition) is 1. The van der Waals surface area contributed by atoms with Crippen LogP contribution in [0.15, 0.2) is 16.6 Å². The third-order valence-electron chi connectivity index (χ3n) is 2.31. The summed E-state index contributed by atoms with van der Waals surface area (Å²) < 4.78 is 6.81. The molecular formula is C10H12BrNO. The van der Waals surface area contributed by atoms with E-state index in [1.165, 1.54) is 11.1 Å². The first-order valence-corrected chi connectivity index (χ1v) is 5.15. The quantitative estimate of drug-likeness (QED) is 0.817. The second kappa shape index (κ2) is 3.31. The summed E-state index contributed by atoms with van der Waals surface area (Å²) in [5.74, 6) is 1.03. The Labute approximate surface area is 86.2 Å². The highest BCUT2D eigenvalue weighted by Gasteiger charge is 2.23. The lowest BCUT2D eigenvalue weighted by Gasteiger charge is -2.07. The van der Waals surface area contributed by atoms with Crippen molar-refractivity contribution in [1.82, 2.24) is 0 Å². The molecule has 13 heavy (non-hydrogen) atoms. The van der Waals surface area contributed by atoms with Gasteiger partial charge in [-0.25, -0.2) is 0 Å². The smallest absolute Gasteiger partial charge is 0.126 e. The lowest BCUT2D eigenvalue weighted by molar-refractivity contribution is 0.240. The molecule has 0 aliphatic carbocycles. The molecule has 0 radical (unpaired) electrons. The zero-order valence-electron chi connectivity index (χ0n) is 7.51. The Balaban J connectivity index is 2.40. The van der Waals surface area contributed by atoms with Crippen LogP contribution in [0, 0.1) is 6.92 Å². The van der Waals surface area contributed by atoms with Crippen molar-refractivity contribution in [1.29, 1.82) is 0 Å². The molecule has 0 saturated heterocycles. The van der Waals surface area contributed by atoms with E-state index in [1.807, 2.05) is 0 Å². The van der Waals surface area contributed by atoms with Crippen LogP contribution in [0.5, 0.6) is 5.75 Å². The Kier molecular flexibility index (Phi) is 2.30. The fourth-order valence-electron chi connectivity index (χ4n) is 1.70. The molecule has 2 rings (SSSR count). The normalized spacial score (nSPS) is 19.8. The van der Waals surface area contributed by atoms with E-state index < -0.39 is 0 Å². The fraction of sp³-hybridized carbons (Fsp3) is 0.400. The van der Waals surface area contributed by atoms with Crippen molar-refractivity contribution in [3.63, 3.8) is 0 Å². The molecule has 0 spiro atoms. The van der Waals surface area contributed by atoms with Gasteiger partial charge in [0.05, 0.1) is 0 Å². The van der Waals surface area contributed by atoms with E-state index in [-0.39, 0.29) is 6.10 Å². The van der Waals surface area contributed by atoms with Gasteiger partial charge in [-0.2, -0.15) is 0 Å². The molecular weight excluding hydrogens is 230 g/mol. The van der Waals surface area contributed by atoms with Crippen molar-refractivity contribution in [2.24, 2.45) is 5.73 Å². The molecule has 2 N–H and O–H groups in total. The van der Waals surface area contributed by atoms with Crippen LogP contribution < -0.4 is 10.5 Å². The van der Waals surface area contributed by atoms with Crippen molar-refractivity contribution in [2.45, 2.75) is 19.4 Å². The molecule has 1 heterocycles. The second-order valence-electron chi connectivity index (χ2n) is 3.39. The van der Waals surface area contributed by atoms with E-state index in [1.54, 1.807) is 0 Å². The predicted molar refractivity (Wildman–Crippen MR) is 56.1 cm³/mol. The molecule has 0 bridgehead atoms. The van der Waals surface area contributed by atoms with Gasteiger partial charge in [0.15, 0.2) is 0 Å². The summed E-state index contributed by atoms with van der Waals surface area (Å²) in [7, 11) is 0. The molecule has 0 saturated carbocycles. The summed E-state index contributed by atoms with van der Waals surface area (Å²) in [6.45, 7) is 2.65. The molecule has 1 atom stereocenters. The number of fused-ring (bicyclic) bond motifs is 1. The highest BCUT2D eigenvalue weighted by molar-refractivity contribution is 9.10. The molecule has 0 amide bonds. The minimum atomic E-state index is 0.169. The summed E-state index contributed by atoms with van der Waals surface area (Å²) in [4.78, 5) is 0. The molecule has 0 fully saturated rings. The average Bonchev–Trinajstić information content (AvgIpc) is 2.47. The fourth-order valence-corrected chi connectivity index (χ4v) is 2.32. The number of ether oxygens (including phenoxy) is 1. The Morgan fingerprint density at radius 1 is 1.62 bits per heavy atom. The molecule has 70 valence electrons. The van der Waals surface area contributed by atoms with Crippen LogP contribution in [-0.2, 0) is 6.42 Å². The van der Waals surface area contributed by atoms with Gasteiger partial charge in [0, 0.05) is 17.4 Å². The number of nitrogens with two attached hydrogens (primary N) is 1. The van der Waals surface area contributed by atoms with Gasteiger partial charge in [0.25, 0.3) is 0 Å². The Hall–Kier alpha value is -0.540. The van der Waals surface area contributed by atoms with E-state index in [9.17, 15) is 0 Å². The van der Waals surface area contributed by atoms with E-state index >= 15 is 0 Å². The van der Waals surface area contributed by atoms with E-state index in [0.717, 1.165) is 16.6 Å². The largest absolute Gasteiger partial charge is 0.488 e.